The molecule has 0 amide bonds. The highest BCUT2D eigenvalue weighted by molar-refractivity contribution is 7.89. The molecule has 1 saturated heterocycles. The van der Waals surface area contributed by atoms with Crippen molar-refractivity contribution in [3.63, 3.8) is 0 Å². The highest BCUT2D eigenvalue weighted by Gasteiger charge is 2.51. The lowest BCUT2D eigenvalue weighted by molar-refractivity contribution is 0.00578. The van der Waals surface area contributed by atoms with Crippen molar-refractivity contribution in [2.75, 3.05) is 0 Å². The van der Waals surface area contributed by atoms with Crippen molar-refractivity contribution in [3.8, 4) is 16.9 Å². The molecule has 1 aliphatic heterocycles. The minimum Gasteiger partial charge on any atom is -0.508 e. The molecule has 0 saturated carbocycles. The Morgan fingerprint density at radius 1 is 1.04 bits per heavy atom. The maximum Gasteiger partial charge on any atom is 0.494 e. The second-order valence-electron chi connectivity index (χ2n) is 7.59. The Morgan fingerprint density at radius 3 is 2.19 bits per heavy atom. The average Bonchev–Trinajstić information content (AvgIpc) is 2.73. The molecule has 0 atom stereocenters. The predicted molar refractivity (Wildman–Crippen MR) is 101 cm³/mol. The van der Waals surface area contributed by atoms with E-state index in [0.717, 1.165) is 6.07 Å². The Kier molecular flexibility index (Phi) is 4.63. The van der Waals surface area contributed by atoms with Crippen molar-refractivity contribution in [3.05, 3.63) is 42.2 Å². The van der Waals surface area contributed by atoms with E-state index in [2.05, 4.69) is 0 Å². The van der Waals surface area contributed by atoms with Gasteiger partial charge in [-0.1, -0.05) is 6.07 Å². The van der Waals surface area contributed by atoms with Crippen LogP contribution in [-0.4, -0.2) is 31.8 Å². The summed E-state index contributed by atoms with van der Waals surface area (Å²) < 4.78 is 50.0. The fourth-order valence-corrected chi connectivity index (χ4v) is 3.62. The Labute approximate surface area is 158 Å². The first-order chi connectivity index (χ1) is 12.3. The summed E-state index contributed by atoms with van der Waals surface area (Å²) in [6.45, 7) is 7.51. The molecule has 0 aliphatic carbocycles. The number of rotatable bonds is 3. The van der Waals surface area contributed by atoms with Crippen molar-refractivity contribution in [2.45, 2.75) is 43.8 Å². The van der Waals surface area contributed by atoms with E-state index in [-0.39, 0.29) is 21.8 Å². The standard InChI is InChI=1S/C18H21BFNO5S/c1-17(2)18(3,4)26-19(25-17)12-7-11(8-13(20)9-12)15-10-14(22)5-6-16(15)27(21,23)24/h5-10,22H,1-4H3,(H2,21,23,24). The first-order valence-corrected chi connectivity index (χ1v) is 9.87. The molecule has 1 heterocycles. The normalized spacial score (nSPS) is 18.7. The highest BCUT2D eigenvalue weighted by atomic mass is 32.2. The van der Waals surface area contributed by atoms with Crippen LogP contribution < -0.4 is 10.6 Å². The van der Waals surface area contributed by atoms with Crippen LogP contribution in [0, 0.1) is 5.82 Å². The molecule has 144 valence electrons. The van der Waals surface area contributed by atoms with Crippen LogP contribution in [0.15, 0.2) is 41.3 Å². The summed E-state index contributed by atoms with van der Waals surface area (Å²) in [4.78, 5) is -0.217. The number of halogens is 1. The summed E-state index contributed by atoms with van der Waals surface area (Å²) >= 11 is 0. The van der Waals surface area contributed by atoms with Crippen LogP contribution >= 0.6 is 0 Å². The van der Waals surface area contributed by atoms with Gasteiger partial charge >= 0.3 is 7.12 Å². The van der Waals surface area contributed by atoms with Gasteiger partial charge in [-0.2, -0.15) is 0 Å². The zero-order valence-corrected chi connectivity index (χ0v) is 16.3. The van der Waals surface area contributed by atoms with Crippen molar-refractivity contribution >= 4 is 22.6 Å². The summed E-state index contributed by atoms with van der Waals surface area (Å²) in [6, 6.07) is 7.61. The lowest BCUT2D eigenvalue weighted by Gasteiger charge is -2.32. The van der Waals surface area contributed by atoms with Crippen molar-refractivity contribution in [2.24, 2.45) is 5.14 Å². The van der Waals surface area contributed by atoms with Gasteiger partial charge in [0.15, 0.2) is 0 Å². The van der Waals surface area contributed by atoms with Crippen molar-refractivity contribution in [1.82, 2.24) is 0 Å². The maximum absolute atomic E-state index is 14.3. The Bertz CT molecular complexity index is 991. The van der Waals surface area contributed by atoms with Crippen molar-refractivity contribution in [1.29, 1.82) is 0 Å². The Balaban J connectivity index is 2.13. The van der Waals surface area contributed by atoms with Gasteiger partial charge in [0.05, 0.1) is 16.1 Å². The number of nitrogens with two attached hydrogens (primary N) is 1. The molecule has 0 bridgehead atoms. The molecular formula is C18H21BFNO5S. The monoisotopic (exact) mass is 393 g/mol. The van der Waals surface area contributed by atoms with E-state index in [1.54, 1.807) is 6.07 Å². The van der Waals surface area contributed by atoms with Gasteiger partial charge in [0.25, 0.3) is 0 Å². The van der Waals surface area contributed by atoms with Crippen LogP contribution in [0.4, 0.5) is 4.39 Å². The van der Waals surface area contributed by atoms with Crippen LogP contribution in [0.5, 0.6) is 5.75 Å². The zero-order valence-electron chi connectivity index (χ0n) is 15.5. The lowest BCUT2D eigenvalue weighted by Crippen LogP contribution is -2.41. The summed E-state index contributed by atoms with van der Waals surface area (Å²) in [5.41, 5.74) is -0.497. The van der Waals surface area contributed by atoms with Crippen LogP contribution in [0.3, 0.4) is 0 Å². The number of hydrogen-bond acceptors (Lipinski definition) is 5. The first-order valence-electron chi connectivity index (χ1n) is 8.32. The van der Waals surface area contributed by atoms with E-state index in [0.29, 0.717) is 5.46 Å². The fourth-order valence-electron chi connectivity index (χ4n) is 2.87. The SMILES string of the molecule is CC1(C)OB(c2cc(F)cc(-c3cc(O)ccc3S(N)(=O)=O)c2)OC1(C)C. The van der Waals surface area contributed by atoms with E-state index < -0.39 is 34.2 Å². The molecule has 2 aromatic rings. The molecule has 0 aromatic heterocycles. The van der Waals surface area contributed by atoms with Gasteiger partial charge in [-0.15, -0.1) is 0 Å². The van der Waals surface area contributed by atoms with Gasteiger partial charge in [0, 0.05) is 5.56 Å². The molecule has 0 radical (unpaired) electrons. The number of phenolic OH excluding ortho intramolecular Hbond substituents is 1. The number of hydrogen-bond donors (Lipinski definition) is 2. The summed E-state index contributed by atoms with van der Waals surface area (Å²) in [7, 11) is -4.90. The zero-order chi connectivity index (χ0) is 20.2. The van der Waals surface area contributed by atoms with Gasteiger partial charge in [0.2, 0.25) is 10.0 Å². The number of benzene rings is 2. The molecule has 0 spiro atoms. The third-order valence-corrected chi connectivity index (χ3v) is 6.00. The van der Waals surface area contributed by atoms with Crippen LogP contribution in [-0.2, 0) is 19.3 Å². The number of sulfonamides is 1. The second-order valence-corrected chi connectivity index (χ2v) is 9.12. The summed E-state index contributed by atoms with van der Waals surface area (Å²) in [5, 5.41) is 15.0. The van der Waals surface area contributed by atoms with Gasteiger partial charge < -0.3 is 14.4 Å². The van der Waals surface area contributed by atoms with Gasteiger partial charge in [0.1, 0.15) is 11.6 Å². The number of phenols is 1. The van der Waals surface area contributed by atoms with Crippen LogP contribution in [0.2, 0.25) is 0 Å². The maximum atomic E-state index is 14.3. The molecule has 27 heavy (non-hydrogen) atoms. The van der Waals surface area contributed by atoms with E-state index in [4.69, 9.17) is 14.4 Å². The van der Waals surface area contributed by atoms with E-state index in [1.807, 2.05) is 27.7 Å². The predicted octanol–water partition coefficient (Wildman–Crippen LogP) is 2.14. The molecule has 1 fully saturated rings. The van der Waals surface area contributed by atoms with E-state index >= 15 is 0 Å². The molecule has 6 nitrogen and oxygen atoms in total. The summed E-state index contributed by atoms with van der Waals surface area (Å²) in [5.74, 6) is -0.764. The smallest absolute Gasteiger partial charge is 0.494 e. The van der Waals surface area contributed by atoms with Gasteiger partial charge in [-0.3, -0.25) is 0 Å². The molecule has 3 rings (SSSR count). The van der Waals surface area contributed by atoms with Crippen LogP contribution in [0.1, 0.15) is 27.7 Å². The topological polar surface area (TPSA) is 98.9 Å². The highest BCUT2D eigenvalue weighted by Crippen LogP contribution is 2.37. The van der Waals surface area contributed by atoms with Crippen LogP contribution in [0.25, 0.3) is 11.1 Å². The third kappa shape index (κ3) is 3.73. The van der Waals surface area contributed by atoms with Gasteiger partial charge in [-0.25, -0.2) is 17.9 Å². The lowest BCUT2D eigenvalue weighted by atomic mass is 9.78. The largest absolute Gasteiger partial charge is 0.508 e. The minimum absolute atomic E-state index is 0.0924. The van der Waals surface area contributed by atoms with E-state index in [9.17, 15) is 17.9 Å². The Hall–Kier alpha value is -1.94. The average molecular weight is 393 g/mol. The number of aromatic hydroxyl groups is 1. The Morgan fingerprint density at radius 2 is 1.63 bits per heavy atom. The third-order valence-electron chi connectivity index (χ3n) is 5.03. The first kappa shape index (κ1) is 19.8. The quantitative estimate of drug-likeness (QED) is 0.779. The molecule has 9 heteroatoms. The van der Waals surface area contributed by atoms with E-state index in [1.165, 1.54) is 24.3 Å². The molecule has 1 aliphatic rings. The molecule has 2 aromatic carbocycles. The van der Waals surface area contributed by atoms with Gasteiger partial charge in [-0.05, 0) is 69.1 Å². The fraction of sp³-hybridized carbons (Fsp3) is 0.333. The molecular weight excluding hydrogens is 372 g/mol. The molecule has 3 N–H and O–H groups in total. The summed E-state index contributed by atoms with van der Waals surface area (Å²) in [6.07, 6.45) is 0. The number of primary sulfonamides is 1. The minimum atomic E-state index is -4.08. The van der Waals surface area contributed by atoms with Crippen molar-refractivity contribution < 1.29 is 27.2 Å². The molecule has 0 unspecified atom stereocenters. The second kappa shape index (κ2) is 6.30.